The number of carbonyl (C=O) groups is 1. The number of anilines is 1. The van der Waals surface area contributed by atoms with Crippen molar-refractivity contribution in [3.63, 3.8) is 0 Å². The lowest BCUT2D eigenvalue weighted by Gasteiger charge is -2.47. The first kappa shape index (κ1) is 23.3. The lowest BCUT2D eigenvalue weighted by molar-refractivity contribution is -0.194. The van der Waals surface area contributed by atoms with Gasteiger partial charge in [-0.3, -0.25) is 4.79 Å². The van der Waals surface area contributed by atoms with E-state index < -0.39 is 5.60 Å². The summed E-state index contributed by atoms with van der Waals surface area (Å²) in [6.45, 7) is 10.7. The van der Waals surface area contributed by atoms with Crippen molar-refractivity contribution in [2.75, 3.05) is 5.32 Å². The monoisotopic (exact) mass is 463 g/mol. The number of ether oxygens (including phenoxy) is 1. The molecule has 0 radical (unpaired) electrons. The first-order valence-corrected chi connectivity index (χ1v) is 12.6. The van der Waals surface area contributed by atoms with Crippen LogP contribution < -0.4 is 5.32 Å². The number of amides is 1. The molecule has 34 heavy (non-hydrogen) atoms. The minimum Gasteiger partial charge on any atom is -0.384 e. The lowest BCUT2D eigenvalue weighted by Crippen LogP contribution is -2.52. The van der Waals surface area contributed by atoms with Crippen molar-refractivity contribution in [1.29, 1.82) is 0 Å². The Labute approximate surface area is 202 Å². The highest BCUT2D eigenvalue weighted by atomic mass is 16.5. The molecular weight excluding hydrogens is 426 g/mol. The molecule has 2 bridgehead atoms. The third kappa shape index (κ3) is 3.91. The minimum absolute atomic E-state index is 0.0000890. The summed E-state index contributed by atoms with van der Waals surface area (Å²) in [5, 5.41) is 15.2. The number of carbonyl (C=O) groups excluding carboxylic acids is 1. The van der Waals surface area contributed by atoms with Crippen LogP contribution >= 0.6 is 0 Å². The second kappa shape index (κ2) is 8.35. The van der Waals surface area contributed by atoms with E-state index in [4.69, 9.17) is 4.74 Å². The van der Waals surface area contributed by atoms with Crippen LogP contribution in [0, 0.1) is 24.2 Å². The molecule has 1 amide bonds. The number of aliphatic hydroxyl groups is 1. The van der Waals surface area contributed by atoms with Crippen molar-refractivity contribution in [3.8, 4) is 0 Å². The minimum atomic E-state index is -0.964. The number of aryl methyl sites for hydroxylation is 1. The molecule has 5 rings (SSSR count). The summed E-state index contributed by atoms with van der Waals surface area (Å²) in [6.07, 6.45) is 9.23. The molecule has 2 fully saturated rings. The number of nitrogens with one attached hydrogen (secondary N) is 2. The Balaban J connectivity index is 1.55. The molecule has 3 N–H and O–H groups in total. The molecule has 6 nitrogen and oxygen atoms in total. The predicted molar refractivity (Wildman–Crippen MR) is 133 cm³/mol. The summed E-state index contributed by atoms with van der Waals surface area (Å²) < 4.78 is 6.20. The van der Waals surface area contributed by atoms with Gasteiger partial charge < -0.3 is 20.1 Å². The number of hydrogen-bond donors (Lipinski definition) is 3. The van der Waals surface area contributed by atoms with Gasteiger partial charge in [0.05, 0.1) is 23.5 Å². The molecule has 3 aliphatic rings. The number of rotatable bonds is 4. The number of allylic oxidation sites excluding steroid dienone is 2. The fourth-order valence-corrected chi connectivity index (χ4v) is 6.13. The molecule has 6 heteroatoms. The van der Waals surface area contributed by atoms with Crippen molar-refractivity contribution < 1.29 is 14.6 Å². The number of fused-ring (bicyclic) bond motifs is 2. The molecule has 5 atom stereocenters. The maximum absolute atomic E-state index is 12.9. The summed E-state index contributed by atoms with van der Waals surface area (Å²) in [7, 11) is 0. The summed E-state index contributed by atoms with van der Waals surface area (Å²) in [4.78, 5) is 20.1. The number of aromatic amines is 1. The third-order valence-corrected chi connectivity index (χ3v) is 8.56. The lowest BCUT2D eigenvalue weighted by atomic mass is 9.69. The molecule has 2 aromatic rings. The zero-order valence-electron chi connectivity index (χ0n) is 20.9. The Kier molecular flexibility index (Phi) is 5.72. The van der Waals surface area contributed by atoms with Crippen molar-refractivity contribution in [2.24, 2.45) is 17.3 Å². The number of hydrogen-bond acceptors (Lipinski definition) is 4. The first-order valence-electron chi connectivity index (χ1n) is 12.6. The molecule has 1 aromatic heterocycles. The van der Waals surface area contributed by atoms with E-state index >= 15 is 0 Å². The quantitative estimate of drug-likeness (QED) is 0.552. The summed E-state index contributed by atoms with van der Waals surface area (Å²) in [5.41, 5.74) is 3.98. The van der Waals surface area contributed by atoms with Crippen molar-refractivity contribution >= 4 is 17.2 Å². The smallest absolute Gasteiger partial charge is 0.291 e. The first-order chi connectivity index (χ1) is 16.1. The average molecular weight is 464 g/mol. The van der Waals surface area contributed by atoms with Gasteiger partial charge in [-0.1, -0.05) is 39.8 Å². The second-order valence-corrected chi connectivity index (χ2v) is 11.4. The zero-order chi connectivity index (χ0) is 24.3. The molecule has 2 aliphatic heterocycles. The van der Waals surface area contributed by atoms with Crippen LogP contribution in [-0.2, 0) is 10.3 Å². The number of benzene rings is 1. The van der Waals surface area contributed by atoms with E-state index in [2.05, 4.69) is 55.1 Å². The van der Waals surface area contributed by atoms with Gasteiger partial charge in [-0.05, 0) is 67.7 Å². The van der Waals surface area contributed by atoms with Crippen LogP contribution in [0.2, 0.25) is 0 Å². The van der Waals surface area contributed by atoms with Gasteiger partial charge in [0.2, 0.25) is 0 Å². The highest BCUT2D eigenvalue weighted by Gasteiger charge is 2.55. The Morgan fingerprint density at radius 3 is 2.50 bits per heavy atom. The standard InChI is InChI=1S/C28H37N3O3/c1-16-15-29-25(30-16)26(32)31-22-7-6-20(14-21(22)19-10-12-27(4,5)13-11-19)28(33)17(2)23-8-9-24(34-23)18(28)3/h6-7,10,14-15,17-18,23-24,33H,8-9,11-13H2,1-5H3,(H,29,30)(H,31,32)/t17-,18+,23+,24?,28-/m0/s1. The van der Waals surface area contributed by atoms with E-state index in [0.29, 0.717) is 5.82 Å². The predicted octanol–water partition coefficient (Wildman–Crippen LogP) is 5.58. The van der Waals surface area contributed by atoms with Crippen LogP contribution in [0.3, 0.4) is 0 Å². The molecule has 1 aromatic carbocycles. The van der Waals surface area contributed by atoms with Gasteiger partial charge in [-0.2, -0.15) is 0 Å². The van der Waals surface area contributed by atoms with Crippen LogP contribution in [0.5, 0.6) is 0 Å². The number of H-pyrrole nitrogens is 1. The highest BCUT2D eigenvalue weighted by Crippen LogP contribution is 2.52. The summed E-state index contributed by atoms with van der Waals surface area (Å²) in [6, 6.07) is 6.05. The molecule has 1 aliphatic carbocycles. The number of nitrogens with zero attached hydrogens (tertiary/aromatic N) is 1. The molecule has 0 spiro atoms. The van der Waals surface area contributed by atoms with Gasteiger partial charge >= 0.3 is 0 Å². The maximum atomic E-state index is 12.9. The van der Waals surface area contributed by atoms with Gasteiger partial charge in [0.1, 0.15) is 0 Å². The molecule has 3 heterocycles. The van der Waals surface area contributed by atoms with Gasteiger partial charge in [-0.15, -0.1) is 0 Å². The van der Waals surface area contributed by atoms with Crippen molar-refractivity contribution in [2.45, 2.75) is 84.5 Å². The van der Waals surface area contributed by atoms with Crippen LogP contribution in [-0.4, -0.2) is 33.2 Å². The summed E-state index contributed by atoms with van der Waals surface area (Å²) in [5.74, 6) is 0.0383. The third-order valence-electron chi connectivity index (χ3n) is 8.56. The SMILES string of the molecule is Cc1c[nH]c(C(=O)Nc2ccc([C@@]3(O)[C@H](C)C4CC[C@@H](O4)[C@@H]3C)cc2C2=CCC(C)(C)CC2)n1. The van der Waals surface area contributed by atoms with Gasteiger partial charge in [-0.25, -0.2) is 4.98 Å². The normalized spacial score (nSPS) is 32.4. The van der Waals surface area contributed by atoms with Crippen LogP contribution in [0.4, 0.5) is 5.69 Å². The van der Waals surface area contributed by atoms with Crippen molar-refractivity contribution in [3.05, 3.63) is 53.1 Å². The molecule has 182 valence electrons. The van der Waals surface area contributed by atoms with Gasteiger partial charge in [0, 0.05) is 29.3 Å². The maximum Gasteiger partial charge on any atom is 0.291 e. The van der Waals surface area contributed by atoms with Crippen molar-refractivity contribution in [1.82, 2.24) is 9.97 Å². The Bertz CT molecular complexity index is 1120. The van der Waals surface area contributed by atoms with E-state index in [9.17, 15) is 9.90 Å². The largest absolute Gasteiger partial charge is 0.384 e. The summed E-state index contributed by atoms with van der Waals surface area (Å²) >= 11 is 0. The van der Waals surface area contributed by atoms with Crippen LogP contribution in [0.25, 0.3) is 5.57 Å². The van der Waals surface area contributed by atoms with E-state index in [1.807, 2.05) is 19.1 Å². The van der Waals surface area contributed by atoms with E-state index in [1.165, 1.54) is 5.57 Å². The van der Waals surface area contributed by atoms with E-state index in [-0.39, 0.29) is 35.4 Å². The van der Waals surface area contributed by atoms with Gasteiger partial charge in [0.25, 0.3) is 5.91 Å². The van der Waals surface area contributed by atoms with Crippen LogP contribution in [0.1, 0.15) is 87.2 Å². The Morgan fingerprint density at radius 2 is 1.91 bits per heavy atom. The molecular formula is C28H37N3O3. The second-order valence-electron chi connectivity index (χ2n) is 11.4. The zero-order valence-corrected chi connectivity index (χ0v) is 20.9. The highest BCUT2D eigenvalue weighted by molar-refractivity contribution is 6.03. The van der Waals surface area contributed by atoms with Crippen LogP contribution in [0.15, 0.2) is 30.5 Å². The Hall–Kier alpha value is -2.44. The van der Waals surface area contributed by atoms with Gasteiger partial charge in [0.15, 0.2) is 5.82 Å². The molecule has 1 unspecified atom stereocenters. The average Bonchev–Trinajstić information content (AvgIpc) is 3.45. The molecule has 2 saturated heterocycles. The fraction of sp³-hybridized carbons (Fsp3) is 0.571. The number of aromatic nitrogens is 2. The topological polar surface area (TPSA) is 87.2 Å². The fourth-order valence-electron chi connectivity index (χ4n) is 6.13. The molecule has 0 saturated carbocycles. The number of imidazole rings is 1. The van der Waals surface area contributed by atoms with E-state index in [1.54, 1.807) is 6.20 Å². The van der Waals surface area contributed by atoms with E-state index in [0.717, 1.165) is 54.6 Å². The Morgan fingerprint density at radius 1 is 1.21 bits per heavy atom.